The van der Waals surface area contributed by atoms with Crippen LogP contribution in [-0.4, -0.2) is 12.4 Å². The standard InChI is InChI=1S/C22H12Cl4N2O2/c23-13-1-5-19(25)17(9-13)21-7-3-15(29-21)11-27-28-12-16-4-8-22(30-16)18-10-14(24)2-6-20(18)26/h1-12H/b27-11+,28-12+. The van der Waals surface area contributed by atoms with Gasteiger partial charge in [-0.15, -0.1) is 0 Å². The van der Waals surface area contributed by atoms with Gasteiger partial charge in [-0.2, -0.15) is 10.2 Å². The quantitative estimate of drug-likeness (QED) is 0.214. The minimum absolute atomic E-state index is 0.518. The third-order valence-corrected chi connectivity index (χ3v) is 5.21. The van der Waals surface area contributed by atoms with Crippen LogP contribution in [0.4, 0.5) is 0 Å². The molecular formula is C22H12Cl4N2O2. The van der Waals surface area contributed by atoms with Crippen molar-refractivity contribution in [2.75, 3.05) is 0 Å². The Balaban J connectivity index is 1.45. The molecule has 0 amide bonds. The van der Waals surface area contributed by atoms with Crippen LogP contribution in [0.5, 0.6) is 0 Å². The molecular weight excluding hydrogens is 466 g/mol. The van der Waals surface area contributed by atoms with Crippen LogP contribution in [0.25, 0.3) is 22.6 Å². The fourth-order valence-corrected chi connectivity index (χ4v) is 3.45. The van der Waals surface area contributed by atoms with Crippen LogP contribution in [0, 0.1) is 0 Å². The number of furan rings is 2. The number of halogens is 4. The van der Waals surface area contributed by atoms with E-state index in [1.165, 1.54) is 12.4 Å². The average Bonchev–Trinajstić information content (AvgIpc) is 3.39. The summed E-state index contributed by atoms with van der Waals surface area (Å²) in [5.41, 5.74) is 1.41. The first-order chi connectivity index (χ1) is 14.5. The van der Waals surface area contributed by atoms with Gasteiger partial charge in [0, 0.05) is 21.2 Å². The molecule has 8 heteroatoms. The summed E-state index contributed by atoms with van der Waals surface area (Å²) < 4.78 is 11.5. The van der Waals surface area contributed by atoms with Crippen molar-refractivity contribution >= 4 is 58.8 Å². The van der Waals surface area contributed by atoms with Crippen molar-refractivity contribution in [2.45, 2.75) is 0 Å². The minimum atomic E-state index is 0.518. The first kappa shape index (κ1) is 20.8. The molecule has 30 heavy (non-hydrogen) atoms. The lowest BCUT2D eigenvalue weighted by Gasteiger charge is -2.00. The lowest BCUT2D eigenvalue weighted by molar-refractivity contribution is 0.573. The van der Waals surface area contributed by atoms with Crippen LogP contribution in [0.3, 0.4) is 0 Å². The van der Waals surface area contributed by atoms with Crippen LogP contribution >= 0.6 is 46.4 Å². The number of benzene rings is 2. The zero-order chi connectivity index (χ0) is 21.1. The zero-order valence-corrected chi connectivity index (χ0v) is 18.2. The van der Waals surface area contributed by atoms with E-state index in [0.29, 0.717) is 54.3 Å². The molecule has 0 N–H and O–H groups in total. The highest BCUT2D eigenvalue weighted by Crippen LogP contribution is 2.32. The van der Waals surface area contributed by atoms with E-state index < -0.39 is 0 Å². The maximum absolute atomic E-state index is 6.20. The van der Waals surface area contributed by atoms with Crippen LogP contribution in [0.2, 0.25) is 20.1 Å². The van der Waals surface area contributed by atoms with E-state index >= 15 is 0 Å². The Morgan fingerprint density at radius 2 is 1.00 bits per heavy atom. The molecule has 0 bridgehead atoms. The summed E-state index contributed by atoms with van der Waals surface area (Å²) in [6, 6.07) is 17.4. The molecule has 0 atom stereocenters. The monoisotopic (exact) mass is 476 g/mol. The van der Waals surface area contributed by atoms with E-state index in [9.17, 15) is 0 Å². The van der Waals surface area contributed by atoms with E-state index in [1.807, 2.05) is 0 Å². The first-order valence-corrected chi connectivity index (χ1v) is 10.2. The lowest BCUT2D eigenvalue weighted by atomic mass is 10.2. The van der Waals surface area contributed by atoms with Gasteiger partial charge in [-0.05, 0) is 60.7 Å². The Kier molecular flexibility index (Phi) is 6.30. The maximum atomic E-state index is 6.20. The minimum Gasteiger partial charge on any atom is -0.455 e. The smallest absolute Gasteiger partial charge is 0.147 e. The van der Waals surface area contributed by atoms with Crippen molar-refractivity contribution in [3.8, 4) is 22.6 Å². The summed E-state index contributed by atoms with van der Waals surface area (Å²) in [6.45, 7) is 0. The maximum Gasteiger partial charge on any atom is 0.147 e. The SMILES string of the molecule is Clc1ccc(Cl)c(-c2ccc(/C=N/N=C/c3ccc(-c4cc(Cl)ccc4Cl)o3)o2)c1. The summed E-state index contributed by atoms with van der Waals surface area (Å²) in [7, 11) is 0. The third-order valence-electron chi connectivity index (χ3n) is 4.08. The van der Waals surface area contributed by atoms with Gasteiger partial charge in [0.15, 0.2) is 0 Å². The Morgan fingerprint density at radius 3 is 1.43 bits per heavy atom. The second-order valence-corrected chi connectivity index (χ2v) is 7.83. The van der Waals surface area contributed by atoms with E-state index in [0.717, 1.165) is 0 Å². The van der Waals surface area contributed by atoms with Gasteiger partial charge in [0.05, 0.1) is 22.5 Å². The molecule has 150 valence electrons. The van der Waals surface area contributed by atoms with E-state index in [4.69, 9.17) is 55.2 Å². The molecule has 0 radical (unpaired) electrons. The molecule has 2 aromatic heterocycles. The molecule has 2 heterocycles. The Morgan fingerprint density at radius 1 is 0.567 bits per heavy atom. The highest BCUT2D eigenvalue weighted by Gasteiger charge is 2.10. The van der Waals surface area contributed by atoms with Gasteiger partial charge in [-0.25, -0.2) is 0 Å². The summed E-state index contributed by atoms with van der Waals surface area (Å²) in [5, 5.41) is 10.2. The van der Waals surface area contributed by atoms with Crippen LogP contribution in [0.1, 0.15) is 11.5 Å². The highest BCUT2D eigenvalue weighted by molar-refractivity contribution is 6.35. The van der Waals surface area contributed by atoms with Crippen molar-refractivity contribution in [2.24, 2.45) is 10.2 Å². The van der Waals surface area contributed by atoms with Crippen molar-refractivity contribution in [3.63, 3.8) is 0 Å². The van der Waals surface area contributed by atoms with E-state index in [2.05, 4.69) is 10.2 Å². The fourth-order valence-electron chi connectivity index (χ4n) is 2.69. The Labute approximate surface area is 192 Å². The normalized spacial score (nSPS) is 11.7. The molecule has 0 saturated carbocycles. The third kappa shape index (κ3) is 4.79. The number of rotatable bonds is 5. The van der Waals surface area contributed by atoms with Gasteiger partial charge in [0.2, 0.25) is 0 Å². The number of hydrogen-bond donors (Lipinski definition) is 0. The molecule has 0 spiro atoms. The van der Waals surface area contributed by atoms with E-state index in [1.54, 1.807) is 60.7 Å². The van der Waals surface area contributed by atoms with Gasteiger partial charge in [-0.1, -0.05) is 46.4 Å². The Bertz CT molecular complexity index is 1160. The second-order valence-electron chi connectivity index (χ2n) is 6.14. The molecule has 4 aromatic rings. The second kappa shape index (κ2) is 9.11. The van der Waals surface area contributed by atoms with Crippen LogP contribution < -0.4 is 0 Å². The van der Waals surface area contributed by atoms with Gasteiger partial charge in [0.1, 0.15) is 23.0 Å². The van der Waals surface area contributed by atoms with Crippen LogP contribution in [0.15, 0.2) is 79.7 Å². The molecule has 0 fully saturated rings. The topological polar surface area (TPSA) is 51.0 Å². The van der Waals surface area contributed by atoms with Gasteiger partial charge >= 0.3 is 0 Å². The molecule has 0 aliphatic carbocycles. The van der Waals surface area contributed by atoms with E-state index in [-0.39, 0.29) is 0 Å². The van der Waals surface area contributed by atoms with Gasteiger partial charge < -0.3 is 8.83 Å². The first-order valence-electron chi connectivity index (χ1n) is 8.66. The molecule has 0 unspecified atom stereocenters. The van der Waals surface area contributed by atoms with Gasteiger partial charge in [0.25, 0.3) is 0 Å². The van der Waals surface area contributed by atoms with Crippen molar-refractivity contribution in [1.29, 1.82) is 0 Å². The lowest BCUT2D eigenvalue weighted by Crippen LogP contribution is -1.78. The largest absolute Gasteiger partial charge is 0.455 e. The van der Waals surface area contributed by atoms with Gasteiger partial charge in [-0.3, -0.25) is 0 Å². The predicted molar refractivity (Wildman–Crippen MR) is 124 cm³/mol. The molecule has 0 aliphatic heterocycles. The Hall–Kier alpha value is -2.50. The number of nitrogens with zero attached hydrogens (tertiary/aromatic N) is 2. The van der Waals surface area contributed by atoms with Crippen LogP contribution in [-0.2, 0) is 0 Å². The molecule has 4 rings (SSSR count). The molecule has 4 nitrogen and oxygen atoms in total. The molecule has 2 aromatic carbocycles. The number of hydrogen-bond acceptors (Lipinski definition) is 4. The average molecular weight is 478 g/mol. The predicted octanol–water partition coefficient (Wildman–Crippen LogP) is 8.27. The summed E-state index contributed by atoms with van der Waals surface area (Å²) >= 11 is 24.4. The highest BCUT2D eigenvalue weighted by atomic mass is 35.5. The van der Waals surface area contributed by atoms with Crippen molar-refractivity contribution in [1.82, 2.24) is 0 Å². The molecule has 0 aliphatic rings. The van der Waals surface area contributed by atoms with Crippen molar-refractivity contribution in [3.05, 3.63) is 92.3 Å². The summed E-state index contributed by atoms with van der Waals surface area (Å²) in [6.07, 6.45) is 2.96. The summed E-state index contributed by atoms with van der Waals surface area (Å²) in [5.74, 6) is 2.21. The fraction of sp³-hybridized carbons (Fsp3) is 0. The zero-order valence-electron chi connectivity index (χ0n) is 15.2. The summed E-state index contributed by atoms with van der Waals surface area (Å²) in [4.78, 5) is 0. The van der Waals surface area contributed by atoms with Crippen molar-refractivity contribution < 1.29 is 8.83 Å². The molecule has 0 saturated heterocycles.